The molecule has 85 heavy (non-hydrogen) atoms. The fraction of sp³-hybridized carbons (Fsp3) is 0.573. The molecule has 0 spiro atoms. The van der Waals surface area contributed by atoms with Crippen molar-refractivity contribution in [3.8, 4) is 0 Å². The van der Waals surface area contributed by atoms with Crippen molar-refractivity contribution in [2.24, 2.45) is 5.73 Å². The number of esters is 2. The first-order chi connectivity index (χ1) is 41.8. The van der Waals surface area contributed by atoms with Crippen LogP contribution in [-0.2, 0) is 32.7 Å². The summed E-state index contributed by atoms with van der Waals surface area (Å²) in [6, 6.07) is 0. The van der Waals surface area contributed by atoms with Crippen LogP contribution >= 0.6 is 7.82 Å². The number of allylic oxidation sites excluding steroid dienone is 30. The third kappa shape index (κ3) is 68.1. The van der Waals surface area contributed by atoms with Crippen molar-refractivity contribution in [3.05, 3.63) is 182 Å². The molecule has 0 aliphatic rings. The Morgan fingerprint density at radius 2 is 0.612 bits per heavy atom. The predicted molar refractivity (Wildman–Crippen MR) is 366 cm³/mol. The Morgan fingerprint density at radius 3 is 0.906 bits per heavy atom. The van der Waals surface area contributed by atoms with E-state index >= 15 is 0 Å². The van der Waals surface area contributed by atoms with Gasteiger partial charge in [-0.2, -0.15) is 0 Å². The quantitative estimate of drug-likeness (QED) is 0.0264. The lowest BCUT2D eigenvalue weighted by molar-refractivity contribution is -0.161. The number of carbonyl (C=O) groups excluding carboxylic acids is 2. The number of carbonyl (C=O) groups is 2. The molecule has 478 valence electrons. The van der Waals surface area contributed by atoms with Gasteiger partial charge in [0.1, 0.15) is 6.61 Å². The number of phosphoric ester groups is 1. The van der Waals surface area contributed by atoms with Crippen LogP contribution in [-0.4, -0.2) is 49.3 Å². The SMILES string of the molecule is CC/C=C\C/C=C\C/C=C\C/C=C\C/C=C\C/C=C\C/C=C\C/C=C\C/C=C\C/C=C\C/C=C\CCCCCCCC(=O)OC(COC(=O)CCCCCCCCCCCCCC/C=C\C/C=C\C/C=C\C/C=C\CC)COP(=O)(O)OCCN. The van der Waals surface area contributed by atoms with Gasteiger partial charge in [0.2, 0.25) is 0 Å². The molecule has 0 radical (unpaired) electrons. The van der Waals surface area contributed by atoms with E-state index in [2.05, 4.69) is 196 Å². The minimum absolute atomic E-state index is 0.0403. The van der Waals surface area contributed by atoms with E-state index in [0.717, 1.165) is 154 Å². The van der Waals surface area contributed by atoms with E-state index in [0.29, 0.717) is 6.42 Å². The first-order valence-corrected chi connectivity index (χ1v) is 34.8. The third-order valence-corrected chi connectivity index (χ3v) is 14.3. The second-order valence-corrected chi connectivity index (χ2v) is 22.7. The van der Waals surface area contributed by atoms with E-state index in [1.54, 1.807) is 0 Å². The van der Waals surface area contributed by atoms with Gasteiger partial charge < -0.3 is 20.1 Å². The van der Waals surface area contributed by atoms with Crippen LogP contribution in [0.1, 0.15) is 245 Å². The topological polar surface area (TPSA) is 134 Å². The predicted octanol–water partition coefficient (Wildman–Crippen LogP) is 22.0. The Kier molecular flexibility index (Phi) is 64.3. The molecule has 0 heterocycles. The molecule has 9 nitrogen and oxygen atoms in total. The summed E-state index contributed by atoms with van der Waals surface area (Å²) in [5.41, 5.74) is 5.39. The molecular formula is C75H120NO8P. The lowest BCUT2D eigenvalue weighted by Crippen LogP contribution is -2.29. The van der Waals surface area contributed by atoms with E-state index in [1.165, 1.54) is 57.8 Å². The Bertz CT molecular complexity index is 2040. The summed E-state index contributed by atoms with van der Waals surface area (Å²) in [6.07, 6.45) is 102. The highest BCUT2D eigenvalue weighted by molar-refractivity contribution is 7.47. The molecule has 0 rings (SSSR count). The smallest absolute Gasteiger partial charge is 0.462 e. The minimum Gasteiger partial charge on any atom is -0.462 e. The van der Waals surface area contributed by atoms with Gasteiger partial charge >= 0.3 is 19.8 Å². The summed E-state index contributed by atoms with van der Waals surface area (Å²) in [6.45, 7) is 3.48. The van der Waals surface area contributed by atoms with Crippen molar-refractivity contribution in [1.29, 1.82) is 0 Å². The van der Waals surface area contributed by atoms with Crippen LogP contribution in [0.3, 0.4) is 0 Å². The van der Waals surface area contributed by atoms with Crippen LogP contribution in [0, 0.1) is 0 Å². The van der Waals surface area contributed by atoms with Gasteiger partial charge in [-0.3, -0.25) is 18.6 Å². The van der Waals surface area contributed by atoms with E-state index < -0.39 is 32.5 Å². The van der Waals surface area contributed by atoms with Crippen LogP contribution in [0.25, 0.3) is 0 Å². The van der Waals surface area contributed by atoms with Crippen molar-refractivity contribution in [3.63, 3.8) is 0 Å². The van der Waals surface area contributed by atoms with Gasteiger partial charge in [-0.05, 0) is 135 Å². The van der Waals surface area contributed by atoms with Crippen LogP contribution in [0.5, 0.6) is 0 Å². The van der Waals surface area contributed by atoms with Gasteiger partial charge in [0, 0.05) is 19.4 Å². The molecule has 0 saturated carbocycles. The molecule has 0 aliphatic heterocycles. The maximum atomic E-state index is 12.7. The lowest BCUT2D eigenvalue weighted by atomic mass is 10.0. The van der Waals surface area contributed by atoms with Crippen LogP contribution < -0.4 is 5.73 Å². The molecule has 0 amide bonds. The molecule has 2 unspecified atom stereocenters. The Hall–Kier alpha value is -4.89. The molecule has 0 saturated heterocycles. The zero-order chi connectivity index (χ0) is 61.6. The number of unbranched alkanes of at least 4 members (excludes halogenated alkanes) is 17. The number of phosphoric acid groups is 1. The Morgan fingerprint density at radius 1 is 0.353 bits per heavy atom. The van der Waals surface area contributed by atoms with Gasteiger partial charge in [-0.25, -0.2) is 4.57 Å². The average Bonchev–Trinajstić information content (AvgIpc) is 3.53. The monoisotopic (exact) mass is 1190 g/mol. The van der Waals surface area contributed by atoms with Crippen LogP contribution in [0.2, 0.25) is 0 Å². The highest BCUT2D eigenvalue weighted by atomic mass is 31.2. The number of nitrogens with two attached hydrogens (primary N) is 1. The van der Waals surface area contributed by atoms with Crippen molar-refractivity contribution in [2.45, 2.75) is 251 Å². The van der Waals surface area contributed by atoms with E-state index in [9.17, 15) is 19.0 Å². The van der Waals surface area contributed by atoms with Gasteiger partial charge in [0.15, 0.2) is 6.10 Å². The van der Waals surface area contributed by atoms with Gasteiger partial charge in [0.05, 0.1) is 13.2 Å². The summed E-state index contributed by atoms with van der Waals surface area (Å²) in [5, 5.41) is 0. The molecule has 0 aliphatic carbocycles. The van der Waals surface area contributed by atoms with Gasteiger partial charge in [0.25, 0.3) is 0 Å². The van der Waals surface area contributed by atoms with Gasteiger partial charge in [-0.1, -0.05) is 280 Å². The summed E-state index contributed by atoms with van der Waals surface area (Å²) in [7, 11) is -4.41. The largest absolute Gasteiger partial charge is 0.472 e. The molecule has 2 atom stereocenters. The first kappa shape index (κ1) is 80.1. The summed E-state index contributed by atoms with van der Waals surface area (Å²) < 4.78 is 33.1. The maximum Gasteiger partial charge on any atom is 0.472 e. The second-order valence-electron chi connectivity index (χ2n) is 21.2. The highest BCUT2D eigenvalue weighted by Gasteiger charge is 2.26. The van der Waals surface area contributed by atoms with Crippen molar-refractivity contribution >= 4 is 19.8 Å². The molecule has 0 aromatic heterocycles. The van der Waals surface area contributed by atoms with E-state index in [-0.39, 0.29) is 32.6 Å². The second kappa shape index (κ2) is 68.2. The van der Waals surface area contributed by atoms with Crippen molar-refractivity contribution < 1.29 is 37.6 Å². The zero-order valence-electron chi connectivity index (χ0n) is 53.5. The molecule has 0 bridgehead atoms. The molecule has 3 N–H and O–H groups in total. The highest BCUT2D eigenvalue weighted by Crippen LogP contribution is 2.43. The first-order valence-electron chi connectivity index (χ1n) is 33.3. The van der Waals surface area contributed by atoms with Gasteiger partial charge in [-0.15, -0.1) is 0 Å². The Labute approximate surface area is 520 Å². The number of ether oxygens (including phenoxy) is 2. The van der Waals surface area contributed by atoms with Crippen LogP contribution in [0.4, 0.5) is 0 Å². The summed E-state index contributed by atoms with van der Waals surface area (Å²) >= 11 is 0. The third-order valence-electron chi connectivity index (χ3n) is 13.3. The number of hydrogen-bond acceptors (Lipinski definition) is 8. The zero-order valence-corrected chi connectivity index (χ0v) is 54.4. The van der Waals surface area contributed by atoms with Crippen molar-refractivity contribution in [1.82, 2.24) is 0 Å². The molecule has 0 fully saturated rings. The maximum absolute atomic E-state index is 12.7. The van der Waals surface area contributed by atoms with Crippen LogP contribution in [0.15, 0.2) is 182 Å². The molecular weight excluding hydrogens is 1070 g/mol. The summed E-state index contributed by atoms with van der Waals surface area (Å²) in [5.74, 6) is -0.863. The fourth-order valence-corrected chi connectivity index (χ4v) is 9.22. The van der Waals surface area contributed by atoms with E-state index in [4.69, 9.17) is 24.3 Å². The van der Waals surface area contributed by atoms with E-state index in [1.807, 2.05) is 0 Å². The average molecular weight is 1190 g/mol. The molecule has 0 aromatic rings. The normalized spacial score (nSPS) is 14.2. The molecule has 10 heteroatoms. The Balaban J connectivity index is 4.04. The lowest BCUT2D eigenvalue weighted by Gasteiger charge is -2.19. The van der Waals surface area contributed by atoms with Crippen molar-refractivity contribution in [2.75, 3.05) is 26.4 Å². The minimum atomic E-state index is -4.41. The fourth-order valence-electron chi connectivity index (χ4n) is 8.46. The number of hydrogen-bond donors (Lipinski definition) is 2. The summed E-state index contributed by atoms with van der Waals surface area (Å²) in [4.78, 5) is 35.3. The molecule has 0 aromatic carbocycles. The standard InChI is InChI=1S/C75H120NO8P/c1-3-5-7-9-11-13-15-17-19-21-23-25-27-29-30-31-32-33-34-35-36-37-38-39-40-41-42-44-46-48-50-52-54-56-58-60-62-64-66-68-75(78)84-73(72-83-85(79,80)82-70-69-76)71-81-74(77)67-65-63-61-59-57-55-53-51-49-47-45-43-28-26-24-22-20-18-16-14-12-10-8-6-4-2/h5-8,11-14,17-20,23-26,29-30,32-33,35-36,38-39,41-42,46,48,52,54,73H,3-4,9-10,15-16,21-22,27-28,31,34,37,40,43-45,47,49-51,53,55-72,76H2,1-2H3,(H,79,80)/b7-5-,8-6-,13-11-,14-12-,19-17-,20-18-,25-23-,26-24-,30-29-,33-32-,36-35-,39-38-,42-41-,48-46-,54-52-. The number of rotatable bonds is 60.